The van der Waals surface area contributed by atoms with Gasteiger partial charge in [0.25, 0.3) is 5.91 Å². The Labute approximate surface area is 357 Å². The number of para-hydroxylation sites is 1. The van der Waals surface area contributed by atoms with Gasteiger partial charge in [0.1, 0.15) is 18.0 Å². The number of piperazine rings is 3. The van der Waals surface area contributed by atoms with Gasteiger partial charge in [-0.1, -0.05) is 73.2 Å². The Hall–Kier alpha value is -5.70. The second kappa shape index (κ2) is 17.3. The zero-order valence-corrected chi connectivity index (χ0v) is 35.1. The molecule has 5 fully saturated rings. The van der Waals surface area contributed by atoms with Crippen LogP contribution in [0, 0.1) is 5.92 Å². The van der Waals surface area contributed by atoms with Crippen LogP contribution < -0.4 is 5.32 Å². The van der Waals surface area contributed by atoms with Gasteiger partial charge >= 0.3 is 6.03 Å². The number of nitrogens with zero attached hydrogens (tertiary/aromatic N) is 8. The van der Waals surface area contributed by atoms with Crippen LogP contribution >= 0.6 is 0 Å². The number of carbonyl (C=O) groups is 4. The molecule has 14 heteroatoms. The minimum atomic E-state index is -0.918. The highest BCUT2D eigenvalue weighted by molar-refractivity contribution is 6.08. The second-order valence-electron chi connectivity index (χ2n) is 17.5. The zero-order valence-electron chi connectivity index (χ0n) is 35.1. The quantitative estimate of drug-likeness (QED) is 0.219. The normalized spacial score (nSPS) is 22.9. The Balaban J connectivity index is 0.997. The SMILES string of the molecule is C=CCN1CC(=O)N2[C@@H](Cc3ccc(O)cc3)C(=O)N(Cc3cccc4c(C(=O)N5CCN6CCN(CC7CCC7)CC6C5)cn(C)c34)C[C@@H]2N1C(=O)NCc1ccccc1. The first-order valence-corrected chi connectivity index (χ1v) is 21.8. The van der Waals surface area contributed by atoms with Gasteiger partial charge < -0.3 is 34.6 Å². The van der Waals surface area contributed by atoms with Crippen molar-refractivity contribution in [2.24, 2.45) is 13.0 Å². The molecule has 4 aliphatic heterocycles. The van der Waals surface area contributed by atoms with Crippen LogP contribution in [0.1, 0.15) is 46.3 Å². The molecule has 1 aliphatic carbocycles. The molecular formula is C47H57N9O5. The number of amides is 5. The summed E-state index contributed by atoms with van der Waals surface area (Å²) in [4.78, 5) is 68.1. The molecule has 5 aliphatic rings. The third-order valence-electron chi connectivity index (χ3n) is 13.5. The zero-order chi connectivity index (χ0) is 42.2. The summed E-state index contributed by atoms with van der Waals surface area (Å²) in [5, 5.41) is 17.2. The molecule has 1 aromatic heterocycles. The first-order chi connectivity index (χ1) is 29.6. The number of aryl methyl sites for hydroxylation is 1. The number of hydrazine groups is 1. The van der Waals surface area contributed by atoms with Gasteiger partial charge in [-0.25, -0.2) is 14.8 Å². The Kier molecular flexibility index (Phi) is 11.6. The minimum absolute atomic E-state index is 0.0253. The molecule has 3 aromatic carbocycles. The summed E-state index contributed by atoms with van der Waals surface area (Å²) in [6.07, 6.45) is 6.98. The summed E-state index contributed by atoms with van der Waals surface area (Å²) in [5.74, 6) is 0.450. The third-order valence-corrected chi connectivity index (χ3v) is 13.5. The van der Waals surface area contributed by atoms with E-state index in [-0.39, 0.29) is 62.6 Å². The Morgan fingerprint density at radius 2 is 1.69 bits per heavy atom. The van der Waals surface area contributed by atoms with Crippen molar-refractivity contribution in [3.05, 3.63) is 114 Å². The van der Waals surface area contributed by atoms with E-state index in [0.717, 1.165) is 59.7 Å². The van der Waals surface area contributed by atoms with E-state index in [4.69, 9.17) is 0 Å². The van der Waals surface area contributed by atoms with E-state index in [1.165, 1.54) is 25.8 Å². The molecule has 1 unspecified atom stereocenters. The van der Waals surface area contributed by atoms with Crippen LogP contribution in [-0.4, -0.2) is 152 Å². The summed E-state index contributed by atoms with van der Waals surface area (Å²) in [7, 11) is 1.94. The number of phenolic OH excluding ortho intramolecular Hbond substituents is 1. The molecule has 0 bridgehead atoms. The highest BCUT2D eigenvalue weighted by atomic mass is 16.3. The third kappa shape index (κ3) is 8.23. The molecule has 320 valence electrons. The Morgan fingerprint density at radius 3 is 2.44 bits per heavy atom. The lowest BCUT2D eigenvalue weighted by atomic mass is 9.85. The first-order valence-electron chi connectivity index (χ1n) is 21.8. The van der Waals surface area contributed by atoms with E-state index in [2.05, 4.69) is 21.7 Å². The van der Waals surface area contributed by atoms with Gasteiger partial charge in [0.2, 0.25) is 11.8 Å². The Bertz CT molecular complexity index is 2280. The van der Waals surface area contributed by atoms with Gasteiger partial charge in [0, 0.05) is 96.5 Å². The molecule has 0 spiro atoms. The van der Waals surface area contributed by atoms with Crippen LogP contribution in [0.5, 0.6) is 5.75 Å². The van der Waals surface area contributed by atoms with E-state index in [1.54, 1.807) is 50.2 Å². The molecule has 4 saturated heterocycles. The van der Waals surface area contributed by atoms with Crippen molar-refractivity contribution in [1.82, 2.24) is 44.4 Å². The number of hydrogen-bond acceptors (Lipinski definition) is 8. The van der Waals surface area contributed by atoms with Crippen LogP contribution in [-0.2, 0) is 36.1 Å². The van der Waals surface area contributed by atoms with Crippen LogP contribution in [0.25, 0.3) is 10.9 Å². The number of hydrogen-bond donors (Lipinski definition) is 2. The lowest BCUT2D eigenvalue weighted by Crippen LogP contribution is -2.76. The standard InChI is InChI=1S/C47H57N9O5/c1-3-19-54-32-43(58)55-41(24-33-15-17-38(57)18-16-33)46(60)53(31-42(55)56(54)47(61)48-25-34-9-5-4-6-10-34)27-36-13-8-14-39-40(30-49(2)44(36)39)45(59)52-23-22-51-21-20-50(28-37(51)29-52)26-35-11-7-12-35/h3-6,8-10,13-18,30,35,37,41-42,57H,1,7,11-12,19-29,31-32H2,2H3,(H,48,61)/t37?,41-,42-/m0/s1. The van der Waals surface area contributed by atoms with E-state index in [9.17, 15) is 24.3 Å². The smallest absolute Gasteiger partial charge is 0.334 e. The number of aromatic nitrogens is 1. The summed E-state index contributed by atoms with van der Waals surface area (Å²) in [5.41, 5.74) is 4.07. The van der Waals surface area contributed by atoms with Crippen LogP contribution in [0.3, 0.4) is 0 Å². The highest BCUT2D eigenvalue weighted by Crippen LogP contribution is 2.33. The van der Waals surface area contributed by atoms with Crippen molar-refractivity contribution in [1.29, 1.82) is 0 Å². The molecule has 0 radical (unpaired) electrons. The summed E-state index contributed by atoms with van der Waals surface area (Å²) >= 11 is 0. The van der Waals surface area contributed by atoms with Crippen LogP contribution in [0.2, 0.25) is 0 Å². The molecule has 2 N–H and O–H groups in total. The number of nitrogens with one attached hydrogen (secondary N) is 1. The average Bonchev–Trinajstić information content (AvgIpc) is 3.60. The average molecular weight is 828 g/mol. The number of phenols is 1. The first kappa shape index (κ1) is 40.7. The van der Waals surface area contributed by atoms with E-state index < -0.39 is 18.2 Å². The second-order valence-corrected chi connectivity index (χ2v) is 17.5. The fourth-order valence-electron chi connectivity index (χ4n) is 10.2. The number of urea groups is 1. The number of benzene rings is 3. The van der Waals surface area contributed by atoms with Crippen molar-refractivity contribution in [3.63, 3.8) is 0 Å². The number of rotatable bonds is 11. The highest BCUT2D eigenvalue weighted by Gasteiger charge is 2.51. The minimum Gasteiger partial charge on any atom is -0.508 e. The molecule has 3 atom stereocenters. The topological polar surface area (TPSA) is 128 Å². The molecule has 4 aromatic rings. The molecule has 5 heterocycles. The predicted molar refractivity (Wildman–Crippen MR) is 232 cm³/mol. The van der Waals surface area contributed by atoms with Crippen molar-refractivity contribution in [2.75, 3.05) is 65.4 Å². The monoisotopic (exact) mass is 827 g/mol. The molecule has 1 saturated carbocycles. The molecule has 61 heavy (non-hydrogen) atoms. The van der Waals surface area contributed by atoms with Gasteiger partial charge in [0.15, 0.2) is 0 Å². The lowest BCUT2D eigenvalue weighted by molar-refractivity contribution is -0.189. The summed E-state index contributed by atoms with van der Waals surface area (Å²) < 4.78 is 1.99. The van der Waals surface area contributed by atoms with E-state index in [0.29, 0.717) is 24.7 Å². The summed E-state index contributed by atoms with van der Waals surface area (Å²) in [6, 6.07) is 21.2. The van der Waals surface area contributed by atoms with Crippen molar-refractivity contribution in [2.45, 2.75) is 57.0 Å². The Morgan fingerprint density at radius 1 is 0.902 bits per heavy atom. The van der Waals surface area contributed by atoms with Gasteiger partial charge in [0.05, 0.1) is 24.2 Å². The lowest BCUT2D eigenvalue weighted by Gasteiger charge is -2.55. The van der Waals surface area contributed by atoms with Gasteiger partial charge in [-0.3, -0.25) is 19.3 Å². The maximum Gasteiger partial charge on any atom is 0.334 e. The maximum atomic E-state index is 14.8. The van der Waals surface area contributed by atoms with E-state index >= 15 is 0 Å². The van der Waals surface area contributed by atoms with E-state index in [1.807, 2.05) is 71.2 Å². The molecule has 14 nitrogen and oxygen atoms in total. The van der Waals surface area contributed by atoms with Crippen molar-refractivity contribution in [3.8, 4) is 5.75 Å². The number of aromatic hydroxyl groups is 1. The summed E-state index contributed by atoms with van der Waals surface area (Å²) in [6.45, 7) is 11.2. The maximum absolute atomic E-state index is 14.8. The molecular weight excluding hydrogens is 771 g/mol. The van der Waals surface area contributed by atoms with Gasteiger partial charge in [-0.15, -0.1) is 6.58 Å². The van der Waals surface area contributed by atoms with Crippen molar-refractivity contribution < 1.29 is 24.3 Å². The largest absolute Gasteiger partial charge is 0.508 e. The van der Waals surface area contributed by atoms with Crippen molar-refractivity contribution >= 4 is 34.7 Å². The van der Waals surface area contributed by atoms with Crippen LogP contribution in [0.15, 0.2) is 91.6 Å². The fourth-order valence-corrected chi connectivity index (χ4v) is 10.2. The van der Waals surface area contributed by atoms with Crippen LogP contribution in [0.4, 0.5) is 4.79 Å². The molecule has 5 amide bonds. The molecule has 9 rings (SSSR count). The number of fused-ring (bicyclic) bond motifs is 3. The number of carbonyl (C=O) groups excluding carboxylic acids is 4. The van der Waals surface area contributed by atoms with Gasteiger partial charge in [-0.05, 0) is 47.6 Å². The predicted octanol–water partition coefficient (Wildman–Crippen LogP) is 3.86. The fraction of sp³-hybridized carbons (Fsp3) is 0.447. The van der Waals surface area contributed by atoms with Gasteiger partial charge in [-0.2, -0.15) is 0 Å².